The van der Waals surface area contributed by atoms with Gasteiger partial charge in [-0.25, -0.2) is 13.8 Å². The van der Waals surface area contributed by atoms with Crippen molar-refractivity contribution < 1.29 is 23.1 Å². The first-order valence-electron chi connectivity index (χ1n) is 9.25. The fourth-order valence-corrected chi connectivity index (χ4v) is 3.56. The van der Waals surface area contributed by atoms with Crippen molar-refractivity contribution in [2.45, 2.75) is 37.5 Å². The summed E-state index contributed by atoms with van der Waals surface area (Å²) >= 11 is 1.21. The Hall–Kier alpha value is -2.10. The molecule has 0 aromatic carbocycles. The maximum Gasteiger partial charge on any atom is 0.282 e. The van der Waals surface area contributed by atoms with Gasteiger partial charge in [0, 0.05) is 6.07 Å². The minimum absolute atomic E-state index is 0.0434. The lowest BCUT2D eigenvalue weighted by Gasteiger charge is -2.40. The molecule has 3 N–H and O–H groups in total. The Morgan fingerprint density at radius 1 is 1.43 bits per heavy atom. The number of hydrogen-bond acceptors (Lipinski definition) is 6. The highest BCUT2D eigenvalue weighted by atomic mass is 32.2. The molecule has 1 aliphatic carbocycles. The predicted octanol–water partition coefficient (Wildman–Crippen LogP) is 2.01. The van der Waals surface area contributed by atoms with Crippen LogP contribution < -0.4 is 20.7 Å². The van der Waals surface area contributed by atoms with Crippen LogP contribution in [0, 0.1) is 5.92 Å². The first-order chi connectivity index (χ1) is 13.3. The number of nitrogens with two attached hydrogens (primary N) is 1. The number of pyridine rings is 1. The first-order valence-corrected chi connectivity index (χ1v) is 10.3. The number of anilines is 1. The second-order valence-electron chi connectivity index (χ2n) is 7.13. The standard InChI is InChI=1S/C18H24F2N4O3S/c1-2-15(28-8-13(21)25)23-17(26)16-12(24-9-18(19,20)10-24)5-6-14(22-16)27-7-11-3-4-11/h5-6,11,15H,2-4,7-10H2,1H3,(H2,21,25)(H,23,26)/t15-/m0/s1. The Morgan fingerprint density at radius 3 is 2.71 bits per heavy atom. The number of primary amides is 1. The molecule has 2 aliphatic rings. The summed E-state index contributed by atoms with van der Waals surface area (Å²) < 4.78 is 32.3. The molecule has 1 saturated heterocycles. The fraction of sp³-hybridized carbons (Fsp3) is 0.611. The van der Waals surface area contributed by atoms with Crippen molar-refractivity contribution in [1.82, 2.24) is 10.3 Å². The van der Waals surface area contributed by atoms with E-state index in [1.165, 1.54) is 16.7 Å². The van der Waals surface area contributed by atoms with E-state index in [0.29, 0.717) is 30.5 Å². The summed E-state index contributed by atoms with van der Waals surface area (Å²) in [6.07, 6.45) is 2.80. The number of carbonyl (C=O) groups is 2. The lowest BCUT2D eigenvalue weighted by Crippen LogP contribution is -2.57. The van der Waals surface area contributed by atoms with Crippen LogP contribution in [0.5, 0.6) is 5.88 Å². The smallest absolute Gasteiger partial charge is 0.282 e. The largest absolute Gasteiger partial charge is 0.477 e. The summed E-state index contributed by atoms with van der Waals surface area (Å²) in [6.45, 7) is 1.48. The Labute approximate surface area is 166 Å². The molecule has 1 aromatic rings. The van der Waals surface area contributed by atoms with E-state index in [9.17, 15) is 18.4 Å². The second kappa shape index (κ2) is 8.50. The van der Waals surface area contributed by atoms with E-state index < -0.39 is 30.8 Å². The number of aromatic nitrogens is 1. The Morgan fingerprint density at radius 2 is 2.14 bits per heavy atom. The van der Waals surface area contributed by atoms with Crippen molar-refractivity contribution in [2.75, 3.05) is 30.3 Å². The van der Waals surface area contributed by atoms with Gasteiger partial charge in [-0.1, -0.05) is 6.92 Å². The van der Waals surface area contributed by atoms with E-state index in [0.717, 1.165) is 12.8 Å². The van der Waals surface area contributed by atoms with Crippen LogP contribution >= 0.6 is 11.8 Å². The van der Waals surface area contributed by atoms with Crippen LogP contribution in [0.3, 0.4) is 0 Å². The van der Waals surface area contributed by atoms with E-state index in [-0.39, 0.29) is 16.8 Å². The van der Waals surface area contributed by atoms with Crippen molar-refractivity contribution in [1.29, 1.82) is 0 Å². The minimum Gasteiger partial charge on any atom is -0.477 e. The second-order valence-corrected chi connectivity index (χ2v) is 8.32. The molecule has 1 atom stereocenters. The van der Waals surface area contributed by atoms with Gasteiger partial charge in [-0.2, -0.15) is 0 Å². The van der Waals surface area contributed by atoms with Crippen LogP contribution in [-0.2, 0) is 4.79 Å². The molecule has 0 unspecified atom stereocenters. The zero-order valence-electron chi connectivity index (χ0n) is 15.6. The number of nitrogens with zero attached hydrogens (tertiary/aromatic N) is 2. The molecule has 2 heterocycles. The van der Waals surface area contributed by atoms with Gasteiger partial charge in [0.05, 0.1) is 36.5 Å². The number of alkyl halides is 2. The molecule has 7 nitrogen and oxygen atoms in total. The number of halogens is 2. The SMILES string of the molecule is CC[C@@H](NC(=O)c1nc(OCC2CC2)ccc1N1CC(F)(F)C1)SCC(N)=O. The molecule has 0 bridgehead atoms. The van der Waals surface area contributed by atoms with Gasteiger partial charge in [-0.05, 0) is 31.2 Å². The third-order valence-corrected chi connectivity index (χ3v) is 5.81. The average Bonchev–Trinajstić information content (AvgIpc) is 3.45. The van der Waals surface area contributed by atoms with E-state index in [1.807, 2.05) is 6.92 Å². The normalized spacial score (nSPS) is 18.9. The Kier molecular flexibility index (Phi) is 6.26. The van der Waals surface area contributed by atoms with Crippen molar-refractivity contribution in [3.8, 4) is 5.88 Å². The van der Waals surface area contributed by atoms with Crippen LogP contribution in [0.25, 0.3) is 0 Å². The molecule has 2 fully saturated rings. The lowest BCUT2D eigenvalue weighted by atomic mass is 10.1. The molecule has 28 heavy (non-hydrogen) atoms. The van der Waals surface area contributed by atoms with Gasteiger partial charge < -0.3 is 20.7 Å². The number of hydrogen-bond donors (Lipinski definition) is 2. The number of nitrogens with one attached hydrogen (secondary N) is 1. The fourth-order valence-electron chi connectivity index (χ4n) is 2.77. The van der Waals surface area contributed by atoms with Gasteiger partial charge in [-0.3, -0.25) is 9.59 Å². The first kappa shape index (κ1) is 20.6. The molecule has 3 rings (SSSR count). The highest BCUT2D eigenvalue weighted by Gasteiger charge is 2.45. The minimum atomic E-state index is -2.77. The topological polar surface area (TPSA) is 97.6 Å². The summed E-state index contributed by atoms with van der Waals surface area (Å²) in [4.78, 5) is 29.5. The van der Waals surface area contributed by atoms with Gasteiger partial charge in [0.2, 0.25) is 11.8 Å². The molecule has 10 heteroatoms. The highest BCUT2D eigenvalue weighted by Crippen LogP contribution is 2.35. The highest BCUT2D eigenvalue weighted by molar-refractivity contribution is 8.00. The van der Waals surface area contributed by atoms with Crippen molar-refractivity contribution in [3.05, 3.63) is 17.8 Å². The summed E-state index contributed by atoms with van der Waals surface area (Å²) in [6, 6.07) is 3.20. The van der Waals surface area contributed by atoms with Crippen molar-refractivity contribution >= 4 is 29.3 Å². The van der Waals surface area contributed by atoms with Crippen molar-refractivity contribution in [2.24, 2.45) is 11.7 Å². The molecule has 1 aromatic heterocycles. The Balaban J connectivity index is 1.74. The molecule has 1 saturated carbocycles. The van der Waals surface area contributed by atoms with E-state index in [4.69, 9.17) is 10.5 Å². The molecule has 1 aliphatic heterocycles. The van der Waals surface area contributed by atoms with Crippen LogP contribution in [-0.4, -0.2) is 53.5 Å². The molecule has 0 radical (unpaired) electrons. The quantitative estimate of drug-likeness (QED) is 0.569. The average molecular weight is 414 g/mol. The van der Waals surface area contributed by atoms with Gasteiger partial charge in [-0.15, -0.1) is 11.8 Å². The molecule has 154 valence electrons. The number of ether oxygens (including phenoxy) is 1. The van der Waals surface area contributed by atoms with Gasteiger partial charge >= 0.3 is 0 Å². The third kappa shape index (κ3) is 5.46. The number of thioether (sulfide) groups is 1. The van der Waals surface area contributed by atoms with Gasteiger partial charge in [0.1, 0.15) is 0 Å². The Bertz CT molecular complexity index is 738. The summed E-state index contributed by atoms with van der Waals surface area (Å²) in [5.74, 6) is -2.85. The molecule has 0 spiro atoms. The summed E-state index contributed by atoms with van der Waals surface area (Å²) in [7, 11) is 0. The lowest BCUT2D eigenvalue weighted by molar-refractivity contribution is -0.115. The van der Waals surface area contributed by atoms with Crippen LogP contribution in [0.15, 0.2) is 12.1 Å². The summed E-state index contributed by atoms with van der Waals surface area (Å²) in [5.41, 5.74) is 5.54. The van der Waals surface area contributed by atoms with Gasteiger partial charge in [0.25, 0.3) is 11.8 Å². The van der Waals surface area contributed by atoms with Crippen LogP contribution in [0.2, 0.25) is 0 Å². The zero-order chi connectivity index (χ0) is 20.3. The number of carbonyl (C=O) groups excluding carboxylic acids is 2. The monoisotopic (exact) mass is 414 g/mol. The molecule has 2 amide bonds. The maximum absolute atomic E-state index is 13.3. The molecular formula is C18H24F2N4O3S. The van der Waals surface area contributed by atoms with Crippen LogP contribution in [0.4, 0.5) is 14.5 Å². The van der Waals surface area contributed by atoms with E-state index >= 15 is 0 Å². The van der Waals surface area contributed by atoms with Crippen LogP contribution in [0.1, 0.15) is 36.7 Å². The summed E-state index contributed by atoms with van der Waals surface area (Å²) in [5, 5.41) is 2.45. The van der Waals surface area contributed by atoms with E-state index in [2.05, 4.69) is 10.3 Å². The molecular weight excluding hydrogens is 390 g/mol. The van der Waals surface area contributed by atoms with E-state index in [1.54, 1.807) is 12.1 Å². The van der Waals surface area contributed by atoms with Crippen molar-refractivity contribution in [3.63, 3.8) is 0 Å². The van der Waals surface area contributed by atoms with Gasteiger partial charge in [0.15, 0.2) is 5.69 Å². The third-order valence-electron chi connectivity index (χ3n) is 4.50. The zero-order valence-corrected chi connectivity index (χ0v) is 16.4. The number of amides is 2. The maximum atomic E-state index is 13.3. The number of rotatable bonds is 10. The predicted molar refractivity (Wildman–Crippen MR) is 103 cm³/mol.